The highest BCUT2D eigenvalue weighted by molar-refractivity contribution is 7.98. The van der Waals surface area contributed by atoms with E-state index in [9.17, 15) is 8.42 Å². The van der Waals surface area contributed by atoms with E-state index in [0.717, 1.165) is 5.75 Å². The van der Waals surface area contributed by atoms with E-state index in [2.05, 4.69) is 4.72 Å². The number of thioether (sulfide) groups is 1. The summed E-state index contributed by atoms with van der Waals surface area (Å²) in [5, 5.41) is 8.50. The van der Waals surface area contributed by atoms with Crippen LogP contribution in [0.2, 0.25) is 0 Å². The number of aliphatic hydroxyl groups is 1. The molecule has 4 nitrogen and oxygen atoms in total. The van der Waals surface area contributed by atoms with Crippen molar-refractivity contribution in [2.45, 2.75) is 13.3 Å². The Bertz CT molecular complexity index is 229. The van der Waals surface area contributed by atoms with E-state index in [0.29, 0.717) is 18.9 Å². The Morgan fingerprint density at radius 1 is 1.50 bits per heavy atom. The summed E-state index contributed by atoms with van der Waals surface area (Å²) in [4.78, 5) is 0. The van der Waals surface area contributed by atoms with Crippen molar-refractivity contribution in [3.05, 3.63) is 0 Å². The molecule has 0 bridgehead atoms. The van der Waals surface area contributed by atoms with E-state index in [1.54, 1.807) is 11.8 Å². The average molecular weight is 241 g/mol. The molecule has 0 rings (SSSR count). The van der Waals surface area contributed by atoms with Crippen LogP contribution in [0.3, 0.4) is 0 Å². The molecule has 6 heteroatoms. The summed E-state index contributed by atoms with van der Waals surface area (Å²) in [6.45, 7) is 2.40. The second-order valence-electron chi connectivity index (χ2n) is 3.31. The first-order valence-corrected chi connectivity index (χ1v) is 7.63. The van der Waals surface area contributed by atoms with Gasteiger partial charge < -0.3 is 5.11 Å². The molecule has 0 amide bonds. The van der Waals surface area contributed by atoms with Crippen LogP contribution < -0.4 is 4.72 Å². The van der Waals surface area contributed by atoms with Crippen molar-refractivity contribution in [1.29, 1.82) is 0 Å². The number of nitrogens with one attached hydrogen (secondary N) is 1. The molecule has 0 aromatic rings. The third kappa shape index (κ3) is 7.61. The lowest BCUT2D eigenvalue weighted by Gasteiger charge is -2.11. The fourth-order valence-corrected chi connectivity index (χ4v) is 2.82. The molecule has 14 heavy (non-hydrogen) atoms. The van der Waals surface area contributed by atoms with Crippen molar-refractivity contribution < 1.29 is 13.5 Å². The molecule has 0 aliphatic heterocycles. The minimum absolute atomic E-state index is 0.00941. The summed E-state index contributed by atoms with van der Waals surface area (Å²) in [6.07, 6.45) is 2.29. The van der Waals surface area contributed by atoms with Crippen molar-refractivity contribution in [2.75, 3.05) is 30.9 Å². The highest BCUT2D eigenvalue weighted by Crippen LogP contribution is 2.03. The van der Waals surface area contributed by atoms with Crippen LogP contribution in [0.25, 0.3) is 0 Å². The van der Waals surface area contributed by atoms with E-state index in [1.807, 2.05) is 13.2 Å². The van der Waals surface area contributed by atoms with Crippen LogP contribution in [0.15, 0.2) is 0 Å². The van der Waals surface area contributed by atoms with Gasteiger partial charge in [-0.05, 0) is 24.3 Å². The van der Waals surface area contributed by atoms with Crippen LogP contribution in [-0.2, 0) is 10.0 Å². The smallest absolute Gasteiger partial charge is 0.211 e. The molecule has 0 aromatic carbocycles. The zero-order valence-corrected chi connectivity index (χ0v) is 10.3. The Morgan fingerprint density at radius 3 is 2.64 bits per heavy atom. The van der Waals surface area contributed by atoms with Gasteiger partial charge in [-0.15, -0.1) is 0 Å². The molecule has 0 aliphatic carbocycles. The Labute approximate surface area is 90.5 Å². The second-order valence-corrected chi connectivity index (χ2v) is 6.14. The molecule has 0 aliphatic rings. The van der Waals surface area contributed by atoms with E-state index >= 15 is 0 Å². The lowest BCUT2D eigenvalue weighted by molar-refractivity contribution is 0.295. The first-order chi connectivity index (χ1) is 6.52. The first-order valence-electron chi connectivity index (χ1n) is 4.59. The van der Waals surface area contributed by atoms with Gasteiger partial charge in [0.15, 0.2) is 0 Å². The maximum absolute atomic E-state index is 11.3. The highest BCUT2D eigenvalue weighted by Gasteiger charge is 2.10. The Morgan fingerprint density at radius 2 is 2.14 bits per heavy atom. The summed E-state index contributed by atoms with van der Waals surface area (Å²) in [5.74, 6) is 1.30. The summed E-state index contributed by atoms with van der Waals surface area (Å²) in [7, 11) is -3.18. The number of aliphatic hydroxyl groups excluding tert-OH is 1. The van der Waals surface area contributed by atoms with Crippen molar-refractivity contribution in [1.82, 2.24) is 4.72 Å². The van der Waals surface area contributed by atoms with Gasteiger partial charge in [0.05, 0.1) is 5.75 Å². The molecule has 2 N–H and O–H groups in total. The number of hydrogen-bond donors (Lipinski definition) is 2. The van der Waals surface area contributed by atoms with Gasteiger partial charge in [-0.2, -0.15) is 11.8 Å². The molecular formula is C8H19NO3S2. The van der Waals surface area contributed by atoms with Crippen LogP contribution in [0, 0.1) is 5.92 Å². The molecule has 86 valence electrons. The zero-order chi connectivity index (χ0) is 11.0. The van der Waals surface area contributed by atoms with Gasteiger partial charge in [-0.1, -0.05) is 6.92 Å². The molecule has 0 saturated carbocycles. The largest absolute Gasteiger partial charge is 0.396 e. The van der Waals surface area contributed by atoms with Crippen molar-refractivity contribution in [3.63, 3.8) is 0 Å². The molecule has 0 fully saturated rings. The third-order valence-electron chi connectivity index (χ3n) is 1.67. The minimum atomic E-state index is -3.18. The minimum Gasteiger partial charge on any atom is -0.396 e. The Kier molecular flexibility index (Phi) is 7.62. The maximum Gasteiger partial charge on any atom is 0.211 e. The van der Waals surface area contributed by atoms with E-state index in [-0.39, 0.29) is 12.4 Å². The molecule has 1 atom stereocenters. The van der Waals surface area contributed by atoms with Gasteiger partial charge in [0, 0.05) is 13.2 Å². The predicted molar refractivity (Wildman–Crippen MR) is 61.0 cm³/mol. The normalized spacial score (nSPS) is 14.2. The van der Waals surface area contributed by atoms with Crippen LogP contribution in [0.4, 0.5) is 0 Å². The fraction of sp³-hybridized carbons (Fsp3) is 1.00. The van der Waals surface area contributed by atoms with Crippen molar-refractivity contribution in [2.24, 2.45) is 5.92 Å². The summed E-state index contributed by atoms with van der Waals surface area (Å²) in [5.41, 5.74) is 0. The molecule has 0 saturated heterocycles. The molecular weight excluding hydrogens is 222 g/mol. The van der Waals surface area contributed by atoms with Gasteiger partial charge in [0.25, 0.3) is 0 Å². The Hall–Kier alpha value is 0.220. The van der Waals surface area contributed by atoms with Crippen LogP contribution in [0.1, 0.15) is 13.3 Å². The summed E-state index contributed by atoms with van der Waals surface area (Å²) >= 11 is 1.70. The van der Waals surface area contributed by atoms with Crippen LogP contribution >= 0.6 is 11.8 Å². The predicted octanol–water partition coefficient (Wildman–Crippen LogP) is 0.287. The van der Waals surface area contributed by atoms with Gasteiger partial charge in [-0.25, -0.2) is 13.1 Å². The average Bonchev–Trinajstić information content (AvgIpc) is 2.13. The lowest BCUT2D eigenvalue weighted by atomic mass is 10.2. The van der Waals surface area contributed by atoms with E-state index in [1.165, 1.54) is 0 Å². The lowest BCUT2D eigenvalue weighted by Crippen LogP contribution is -2.31. The fourth-order valence-electron chi connectivity index (χ4n) is 0.939. The van der Waals surface area contributed by atoms with Gasteiger partial charge in [0.1, 0.15) is 0 Å². The number of sulfonamides is 1. The monoisotopic (exact) mass is 241 g/mol. The van der Waals surface area contributed by atoms with Gasteiger partial charge in [0.2, 0.25) is 10.0 Å². The van der Waals surface area contributed by atoms with Gasteiger partial charge in [-0.3, -0.25) is 0 Å². The highest BCUT2D eigenvalue weighted by atomic mass is 32.2. The van der Waals surface area contributed by atoms with Gasteiger partial charge >= 0.3 is 0 Å². The number of hydrogen-bond acceptors (Lipinski definition) is 4. The molecule has 1 unspecified atom stereocenters. The second kappa shape index (κ2) is 7.50. The molecule has 0 spiro atoms. The van der Waals surface area contributed by atoms with Crippen LogP contribution in [-0.4, -0.2) is 44.4 Å². The topological polar surface area (TPSA) is 66.4 Å². The zero-order valence-electron chi connectivity index (χ0n) is 8.69. The third-order valence-corrected chi connectivity index (χ3v) is 4.01. The standard InChI is InChI=1S/C8H19NO3S2/c1-8(7-13-2)6-9-14(11,12)5-3-4-10/h8-10H,3-7H2,1-2H3. The maximum atomic E-state index is 11.3. The number of rotatable bonds is 8. The molecule has 0 aromatic heterocycles. The molecule has 0 heterocycles. The molecule has 0 radical (unpaired) electrons. The quantitative estimate of drug-likeness (QED) is 0.641. The summed E-state index contributed by atoms with van der Waals surface area (Å²) < 4.78 is 25.1. The van der Waals surface area contributed by atoms with E-state index < -0.39 is 10.0 Å². The van der Waals surface area contributed by atoms with Crippen molar-refractivity contribution >= 4 is 21.8 Å². The Balaban J connectivity index is 3.75. The first kappa shape index (κ1) is 14.2. The summed E-state index contributed by atoms with van der Waals surface area (Å²) in [6, 6.07) is 0. The van der Waals surface area contributed by atoms with E-state index in [4.69, 9.17) is 5.11 Å². The van der Waals surface area contributed by atoms with Crippen LogP contribution in [0.5, 0.6) is 0 Å². The SMILES string of the molecule is CSCC(C)CNS(=O)(=O)CCCO. The van der Waals surface area contributed by atoms with Crippen molar-refractivity contribution in [3.8, 4) is 0 Å².